The van der Waals surface area contributed by atoms with E-state index in [1.165, 1.54) is 40.8 Å². The molecular weight excluding hydrogens is 278 g/mol. The van der Waals surface area contributed by atoms with E-state index >= 15 is 0 Å². The largest absolute Gasteiger partial charge is 0.212 e. The van der Waals surface area contributed by atoms with Crippen LogP contribution < -0.4 is 4.57 Å². The molecule has 0 aliphatic heterocycles. The van der Waals surface area contributed by atoms with Gasteiger partial charge in [0.2, 0.25) is 5.69 Å². The van der Waals surface area contributed by atoms with Crippen molar-refractivity contribution >= 4 is 0 Å². The first-order chi connectivity index (χ1) is 11.2. The van der Waals surface area contributed by atoms with Gasteiger partial charge in [0.25, 0.3) is 0 Å². The van der Waals surface area contributed by atoms with E-state index in [-0.39, 0.29) is 11.3 Å². The van der Waals surface area contributed by atoms with E-state index in [9.17, 15) is 0 Å². The van der Waals surface area contributed by atoms with Crippen molar-refractivity contribution in [2.45, 2.75) is 64.7 Å². The number of aryl methyl sites for hydroxylation is 2. The molecule has 2 aromatic rings. The van der Waals surface area contributed by atoms with Crippen molar-refractivity contribution in [2.75, 3.05) is 0 Å². The molecule has 1 fully saturated rings. The van der Waals surface area contributed by atoms with Gasteiger partial charge in [-0.3, -0.25) is 0 Å². The summed E-state index contributed by atoms with van der Waals surface area (Å²) in [6.45, 7) is 8.91. The van der Waals surface area contributed by atoms with Crippen LogP contribution in [0, 0.1) is 6.92 Å². The summed E-state index contributed by atoms with van der Waals surface area (Å²) in [7, 11) is 2.13. The van der Waals surface area contributed by atoms with Crippen molar-refractivity contribution in [3.63, 3.8) is 0 Å². The number of pyridine rings is 1. The van der Waals surface area contributed by atoms with Gasteiger partial charge in [0.05, 0.1) is 0 Å². The van der Waals surface area contributed by atoms with Crippen molar-refractivity contribution in [3.05, 3.63) is 53.2 Å². The molecule has 0 atom stereocenters. The van der Waals surface area contributed by atoms with Gasteiger partial charge >= 0.3 is 0 Å². The third-order valence-electron chi connectivity index (χ3n) is 5.13. The van der Waals surface area contributed by atoms with Crippen molar-refractivity contribution in [3.8, 4) is 11.3 Å². The summed E-state index contributed by atoms with van der Waals surface area (Å²) in [6.07, 6.45) is 6.59. The summed E-state index contributed by atoms with van der Waals surface area (Å²) < 4.78 is 11.0. The maximum Gasteiger partial charge on any atom is 0.212 e. The number of aromatic nitrogens is 1. The number of nitrogens with zero attached hydrogens (tertiary/aromatic N) is 1. The number of hydrogen-bond donors (Lipinski definition) is 0. The summed E-state index contributed by atoms with van der Waals surface area (Å²) in [4.78, 5) is 0. The van der Waals surface area contributed by atoms with Crippen LogP contribution in [0.1, 0.15) is 70.4 Å². The summed E-state index contributed by atoms with van der Waals surface area (Å²) in [5.41, 5.74) is 6.44. The van der Waals surface area contributed by atoms with E-state index in [4.69, 9.17) is 1.37 Å². The number of hydrogen-bond acceptors (Lipinski definition) is 0. The normalized spacial score (nSPS) is 18.0. The Morgan fingerprint density at radius 1 is 1.09 bits per heavy atom. The molecule has 0 amide bonds. The molecule has 0 saturated heterocycles. The minimum absolute atomic E-state index is 0.155. The van der Waals surface area contributed by atoms with E-state index < -0.39 is 0 Å². The first-order valence-electron chi connectivity index (χ1n) is 9.32. The second-order valence-electron chi connectivity index (χ2n) is 8.00. The van der Waals surface area contributed by atoms with Crippen molar-refractivity contribution in [2.24, 2.45) is 7.05 Å². The molecule has 1 aliphatic rings. The lowest BCUT2D eigenvalue weighted by atomic mass is 9.87. The molecule has 1 nitrogen and oxygen atoms in total. The van der Waals surface area contributed by atoms with Gasteiger partial charge in [-0.2, -0.15) is 0 Å². The summed E-state index contributed by atoms with van der Waals surface area (Å²) in [6, 6.07) is 11.1. The van der Waals surface area contributed by atoms with Crippen LogP contribution >= 0.6 is 0 Å². The van der Waals surface area contributed by atoms with E-state index in [1.54, 1.807) is 0 Å². The van der Waals surface area contributed by atoms with E-state index in [0.717, 1.165) is 12.8 Å². The number of benzene rings is 1. The first-order valence-corrected chi connectivity index (χ1v) is 8.82. The van der Waals surface area contributed by atoms with Crippen LogP contribution in [0.5, 0.6) is 0 Å². The highest BCUT2D eigenvalue weighted by atomic mass is 14.9. The molecule has 3 rings (SSSR count). The zero-order valence-electron chi connectivity index (χ0n) is 16.2. The lowest BCUT2D eigenvalue weighted by molar-refractivity contribution is -0.661. The van der Waals surface area contributed by atoms with Gasteiger partial charge in [0.1, 0.15) is 7.05 Å². The van der Waals surface area contributed by atoms with Crippen molar-refractivity contribution in [1.29, 1.82) is 0 Å². The fourth-order valence-electron chi connectivity index (χ4n) is 3.54. The molecule has 122 valence electrons. The van der Waals surface area contributed by atoms with Crippen molar-refractivity contribution < 1.29 is 5.94 Å². The molecule has 1 heterocycles. The molecule has 0 bridgehead atoms. The average molecular weight is 309 g/mol. The predicted octanol–water partition coefficient (Wildman–Crippen LogP) is 5.44. The Hall–Kier alpha value is -1.63. The van der Waals surface area contributed by atoms with Crippen LogP contribution in [0.25, 0.3) is 11.3 Å². The Bertz CT molecular complexity index is 749. The SMILES string of the molecule is [2H]C1(c2ccc(C)c(-c3ccc(C(C)(C)C)c[n+]3C)c2)CCCC1. The monoisotopic (exact) mass is 309 g/mol. The molecule has 1 aromatic heterocycles. The Labute approximate surface area is 142 Å². The van der Waals surface area contributed by atoms with Crippen LogP contribution in [-0.2, 0) is 12.5 Å². The molecule has 1 aromatic carbocycles. The van der Waals surface area contributed by atoms with Gasteiger partial charge < -0.3 is 0 Å². The quantitative estimate of drug-likeness (QED) is 0.650. The fraction of sp³-hybridized carbons (Fsp3) is 0.500. The highest BCUT2D eigenvalue weighted by Gasteiger charge is 2.22. The molecule has 0 radical (unpaired) electrons. The lowest BCUT2D eigenvalue weighted by Gasteiger charge is -2.18. The van der Waals surface area contributed by atoms with Crippen LogP contribution in [-0.4, -0.2) is 0 Å². The summed E-state index contributed by atoms with van der Waals surface area (Å²) in [5.74, 6) is -0.383. The van der Waals surface area contributed by atoms with Gasteiger partial charge in [-0.05, 0) is 54.3 Å². The zero-order chi connectivity index (χ0) is 17.5. The first kappa shape index (κ1) is 14.9. The fourth-order valence-corrected chi connectivity index (χ4v) is 3.54. The maximum absolute atomic E-state index is 8.81. The molecule has 1 heteroatoms. The van der Waals surface area contributed by atoms with Gasteiger partial charge in [0.15, 0.2) is 6.20 Å². The van der Waals surface area contributed by atoms with Gasteiger partial charge in [-0.15, -0.1) is 0 Å². The minimum Gasteiger partial charge on any atom is -0.201 e. The lowest BCUT2D eigenvalue weighted by Crippen LogP contribution is -2.33. The van der Waals surface area contributed by atoms with Gasteiger partial charge in [-0.25, -0.2) is 4.57 Å². The molecular formula is C22H30N+. The third-order valence-corrected chi connectivity index (χ3v) is 5.13. The highest BCUT2D eigenvalue weighted by Crippen LogP contribution is 2.36. The molecule has 1 aliphatic carbocycles. The van der Waals surface area contributed by atoms with Crippen LogP contribution in [0.4, 0.5) is 0 Å². The van der Waals surface area contributed by atoms with Crippen LogP contribution in [0.3, 0.4) is 0 Å². The van der Waals surface area contributed by atoms with Gasteiger partial charge in [-0.1, -0.05) is 45.7 Å². The summed E-state index contributed by atoms with van der Waals surface area (Å²) in [5, 5.41) is 0. The van der Waals surface area contributed by atoms with Crippen LogP contribution in [0.15, 0.2) is 36.5 Å². The van der Waals surface area contributed by atoms with Crippen LogP contribution in [0.2, 0.25) is 0 Å². The second kappa shape index (κ2) is 6.11. The van der Waals surface area contributed by atoms with E-state index in [2.05, 4.69) is 75.8 Å². The van der Waals surface area contributed by atoms with Crippen molar-refractivity contribution in [1.82, 2.24) is 0 Å². The predicted molar refractivity (Wildman–Crippen MR) is 97.7 cm³/mol. The van der Waals surface area contributed by atoms with E-state index in [0.29, 0.717) is 0 Å². The van der Waals surface area contributed by atoms with Gasteiger partial charge in [0, 0.05) is 18.6 Å². The Kier molecular flexibility index (Phi) is 3.97. The topological polar surface area (TPSA) is 3.88 Å². The highest BCUT2D eigenvalue weighted by molar-refractivity contribution is 5.62. The maximum atomic E-state index is 8.81. The molecule has 1 saturated carbocycles. The van der Waals surface area contributed by atoms with E-state index in [1.807, 2.05) is 0 Å². The summed E-state index contributed by atoms with van der Waals surface area (Å²) >= 11 is 0. The Morgan fingerprint density at radius 2 is 1.78 bits per heavy atom. The number of rotatable bonds is 2. The smallest absolute Gasteiger partial charge is 0.201 e. The second-order valence-corrected chi connectivity index (χ2v) is 8.00. The Balaban J connectivity index is 2.06. The molecule has 23 heavy (non-hydrogen) atoms. The average Bonchev–Trinajstić information content (AvgIpc) is 2.95. The Morgan fingerprint density at radius 3 is 2.39 bits per heavy atom. The molecule has 0 unspecified atom stereocenters. The zero-order valence-corrected chi connectivity index (χ0v) is 15.2. The molecule has 0 spiro atoms. The standard InChI is InChI=1S/C22H30N/c1-16-10-11-18(17-8-6-7-9-17)14-20(16)21-13-12-19(15-23(21)5)22(2,3)4/h10-15,17H,6-9H2,1-5H3/q+1/i17D. The minimum atomic E-state index is -0.383. The molecule has 0 N–H and O–H groups in total. The third kappa shape index (κ3) is 3.34.